The monoisotopic (exact) mass is 490 g/mol. The fourth-order valence-electron chi connectivity index (χ4n) is 5.52. The number of unbranched alkanes of at least 4 members (excludes halogenated alkanes) is 1. The van der Waals surface area contributed by atoms with Crippen molar-refractivity contribution in [2.45, 2.75) is 83.5 Å². The maximum atomic E-state index is 13.3. The van der Waals surface area contributed by atoms with E-state index in [1.165, 1.54) is 0 Å². The summed E-state index contributed by atoms with van der Waals surface area (Å²) in [6, 6.07) is 7.47. The highest BCUT2D eigenvalue weighted by Crippen LogP contribution is 2.44. The third-order valence-corrected chi connectivity index (χ3v) is 7.51. The number of nitrogens with zero attached hydrogens (tertiary/aromatic N) is 1. The molecule has 198 valence electrons. The number of methoxy groups -OCH3 is 1. The number of aliphatic hydroxyl groups excluding tert-OH is 1. The smallest absolute Gasteiger partial charge is 0.225 e. The number of carbonyl (C=O) groups excluding carboxylic acids is 1. The second-order valence-corrected chi connectivity index (χ2v) is 11.7. The highest BCUT2D eigenvalue weighted by Gasteiger charge is 2.44. The third kappa shape index (κ3) is 7.19. The van der Waals surface area contributed by atoms with E-state index in [-0.39, 0.29) is 29.2 Å². The number of aliphatic hydroxyl groups is 2. The van der Waals surface area contributed by atoms with Crippen LogP contribution in [0.25, 0.3) is 0 Å². The van der Waals surface area contributed by atoms with Gasteiger partial charge in [-0.1, -0.05) is 39.0 Å². The fraction of sp³-hybridized carbons (Fsp3) is 0.750. The topological polar surface area (TPSA) is 105 Å². The summed E-state index contributed by atoms with van der Waals surface area (Å²) in [4.78, 5) is 15.2. The lowest BCUT2D eigenvalue weighted by atomic mass is 9.73. The maximum Gasteiger partial charge on any atom is 0.225 e. The predicted octanol–water partition coefficient (Wildman–Crippen LogP) is 3.45. The number of hydrogen-bond acceptors (Lipinski definition) is 6. The molecule has 1 saturated carbocycles. The Morgan fingerprint density at radius 2 is 1.94 bits per heavy atom. The largest absolute Gasteiger partial charge is 0.493 e. The summed E-state index contributed by atoms with van der Waals surface area (Å²) in [5, 5.41) is 22.4. The van der Waals surface area contributed by atoms with E-state index in [9.17, 15) is 15.0 Å². The standard InChI is InChI=1S/C28H46N2O5/c1-27(2,3)19-35-25-12-6-5-11-22(25)28(33,13-7-8-15-34-4)21-10-9-14-30(18-21)26(32)20-16-23(29)24(31)17-20/h5-6,11-12,20-21,23-24,31,33H,7-10,13-19,29H2,1-4H3. The Morgan fingerprint density at radius 1 is 1.20 bits per heavy atom. The predicted molar refractivity (Wildman–Crippen MR) is 137 cm³/mol. The number of para-hydroxylation sites is 1. The van der Waals surface area contributed by atoms with E-state index in [1.807, 2.05) is 29.2 Å². The van der Waals surface area contributed by atoms with Gasteiger partial charge in [-0.15, -0.1) is 0 Å². The molecule has 2 aliphatic rings. The van der Waals surface area contributed by atoms with Crippen molar-refractivity contribution in [2.75, 3.05) is 33.4 Å². The summed E-state index contributed by atoms with van der Waals surface area (Å²) in [5.41, 5.74) is 5.66. The highest BCUT2D eigenvalue weighted by molar-refractivity contribution is 5.79. The average molecular weight is 491 g/mol. The number of benzene rings is 1. The van der Waals surface area contributed by atoms with Crippen LogP contribution >= 0.6 is 0 Å². The second kappa shape index (κ2) is 12.0. The fourth-order valence-corrected chi connectivity index (χ4v) is 5.52. The molecule has 5 atom stereocenters. The van der Waals surface area contributed by atoms with Crippen molar-refractivity contribution in [3.05, 3.63) is 29.8 Å². The minimum atomic E-state index is -1.12. The summed E-state index contributed by atoms with van der Waals surface area (Å²) in [7, 11) is 1.69. The first kappa shape index (κ1) is 27.9. The van der Waals surface area contributed by atoms with E-state index in [4.69, 9.17) is 15.2 Å². The normalized spacial score (nSPS) is 27.0. The van der Waals surface area contributed by atoms with Crippen LogP contribution in [0.15, 0.2) is 24.3 Å². The molecule has 0 spiro atoms. The zero-order valence-corrected chi connectivity index (χ0v) is 22.0. The van der Waals surface area contributed by atoms with Crippen LogP contribution in [0.1, 0.15) is 71.3 Å². The molecule has 1 amide bonds. The first-order valence-electron chi connectivity index (χ1n) is 13.2. The van der Waals surface area contributed by atoms with Crippen molar-refractivity contribution in [2.24, 2.45) is 23.0 Å². The van der Waals surface area contributed by atoms with E-state index in [0.717, 1.165) is 31.2 Å². The summed E-state index contributed by atoms with van der Waals surface area (Å²) in [6.45, 7) is 8.75. The molecule has 35 heavy (non-hydrogen) atoms. The number of hydrogen-bond donors (Lipinski definition) is 3. The Balaban J connectivity index is 1.84. The number of likely N-dealkylation sites (tertiary alicyclic amines) is 1. The van der Waals surface area contributed by atoms with Gasteiger partial charge in [-0.05, 0) is 56.4 Å². The first-order valence-corrected chi connectivity index (χ1v) is 13.2. The van der Waals surface area contributed by atoms with Gasteiger partial charge in [-0.25, -0.2) is 0 Å². The van der Waals surface area contributed by atoms with E-state index >= 15 is 0 Å². The molecule has 7 nitrogen and oxygen atoms in total. The van der Waals surface area contributed by atoms with E-state index < -0.39 is 11.7 Å². The van der Waals surface area contributed by atoms with Crippen LogP contribution < -0.4 is 10.5 Å². The van der Waals surface area contributed by atoms with Gasteiger partial charge in [0.2, 0.25) is 5.91 Å². The summed E-state index contributed by atoms with van der Waals surface area (Å²) >= 11 is 0. The molecule has 5 unspecified atom stereocenters. The van der Waals surface area contributed by atoms with Gasteiger partial charge in [-0.3, -0.25) is 4.79 Å². The Morgan fingerprint density at radius 3 is 2.60 bits per heavy atom. The molecule has 0 aromatic heterocycles. The van der Waals surface area contributed by atoms with Crippen LogP contribution in [-0.4, -0.2) is 66.6 Å². The molecule has 1 aromatic carbocycles. The Labute approximate surface area is 211 Å². The van der Waals surface area contributed by atoms with Gasteiger partial charge in [0.25, 0.3) is 0 Å². The Kier molecular flexibility index (Phi) is 9.60. The summed E-state index contributed by atoms with van der Waals surface area (Å²) < 4.78 is 11.5. The van der Waals surface area contributed by atoms with Gasteiger partial charge in [-0.2, -0.15) is 0 Å². The number of nitrogens with two attached hydrogens (primary N) is 1. The molecule has 1 aliphatic heterocycles. The number of carbonyl (C=O) groups is 1. The Bertz CT molecular complexity index is 816. The first-order chi connectivity index (χ1) is 16.5. The molecule has 0 radical (unpaired) electrons. The van der Waals surface area contributed by atoms with Gasteiger partial charge in [0.05, 0.1) is 18.3 Å². The average Bonchev–Trinajstić information content (AvgIpc) is 3.17. The van der Waals surface area contributed by atoms with Crippen LogP contribution in [0.2, 0.25) is 0 Å². The van der Waals surface area contributed by atoms with Gasteiger partial charge < -0.3 is 30.3 Å². The van der Waals surface area contributed by atoms with Crippen molar-refractivity contribution in [3.63, 3.8) is 0 Å². The molecular weight excluding hydrogens is 444 g/mol. The van der Waals surface area contributed by atoms with E-state index in [1.54, 1.807) is 7.11 Å². The molecule has 1 aliphatic carbocycles. The molecule has 4 N–H and O–H groups in total. The minimum absolute atomic E-state index is 0.00948. The quantitative estimate of drug-likeness (QED) is 0.434. The third-order valence-electron chi connectivity index (χ3n) is 7.51. The van der Waals surface area contributed by atoms with Crippen LogP contribution in [0, 0.1) is 17.3 Å². The van der Waals surface area contributed by atoms with E-state index in [0.29, 0.717) is 51.3 Å². The van der Waals surface area contributed by atoms with Gasteiger partial charge in [0, 0.05) is 50.2 Å². The minimum Gasteiger partial charge on any atom is -0.493 e. The molecule has 1 heterocycles. The number of ether oxygens (including phenoxy) is 2. The number of rotatable bonds is 10. The molecular formula is C28H46N2O5. The highest BCUT2D eigenvalue weighted by atomic mass is 16.5. The zero-order chi connectivity index (χ0) is 25.6. The van der Waals surface area contributed by atoms with Crippen molar-refractivity contribution in [1.82, 2.24) is 4.90 Å². The van der Waals surface area contributed by atoms with Gasteiger partial charge >= 0.3 is 0 Å². The SMILES string of the molecule is COCCCCC(O)(c1ccccc1OCC(C)(C)C)C1CCCN(C(=O)C2CC(N)C(O)C2)C1. The molecule has 2 fully saturated rings. The molecule has 3 rings (SSSR count). The lowest BCUT2D eigenvalue weighted by molar-refractivity contribution is -0.141. The molecule has 1 aromatic rings. The molecule has 0 bridgehead atoms. The van der Waals surface area contributed by atoms with Crippen molar-refractivity contribution in [1.29, 1.82) is 0 Å². The van der Waals surface area contributed by atoms with Crippen LogP contribution in [0.3, 0.4) is 0 Å². The lowest BCUT2D eigenvalue weighted by Crippen LogP contribution is -2.49. The van der Waals surface area contributed by atoms with Crippen LogP contribution in [-0.2, 0) is 15.1 Å². The molecule has 7 heteroatoms. The number of piperidine rings is 1. The summed E-state index contributed by atoms with van der Waals surface area (Å²) in [6.07, 6.45) is 4.25. The zero-order valence-electron chi connectivity index (χ0n) is 22.0. The van der Waals surface area contributed by atoms with Crippen molar-refractivity contribution < 1.29 is 24.5 Å². The van der Waals surface area contributed by atoms with Crippen LogP contribution in [0.4, 0.5) is 0 Å². The van der Waals surface area contributed by atoms with Gasteiger partial charge in [0.15, 0.2) is 0 Å². The van der Waals surface area contributed by atoms with Crippen molar-refractivity contribution in [3.8, 4) is 5.75 Å². The van der Waals surface area contributed by atoms with E-state index in [2.05, 4.69) is 20.8 Å². The van der Waals surface area contributed by atoms with Crippen LogP contribution in [0.5, 0.6) is 5.75 Å². The summed E-state index contributed by atoms with van der Waals surface area (Å²) in [5.74, 6) is 0.420. The second-order valence-electron chi connectivity index (χ2n) is 11.7. The number of amides is 1. The van der Waals surface area contributed by atoms with Crippen molar-refractivity contribution >= 4 is 5.91 Å². The van der Waals surface area contributed by atoms with Gasteiger partial charge in [0.1, 0.15) is 5.75 Å². The molecule has 1 saturated heterocycles. The lowest BCUT2D eigenvalue weighted by Gasteiger charge is -2.44. The maximum absolute atomic E-state index is 13.3. The Hall–Kier alpha value is -1.67.